The highest BCUT2D eigenvalue weighted by atomic mass is 16.7. The minimum atomic E-state index is -0.181. The summed E-state index contributed by atoms with van der Waals surface area (Å²) < 4.78 is 11.9. The monoisotopic (exact) mass is 198 g/mol. The summed E-state index contributed by atoms with van der Waals surface area (Å²) in [5, 5.41) is 0. The fourth-order valence-electron chi connectivity index (χ4n) is 1.71. The highest BCUT2D eigenvalue weighted by molar-refractivity contribution is 6.47. The molecule has 0 bridgehead atoms. The lowest BCUT2D eigenvalue weighted by Gasteiger charge is -2.32. The average Bonchev–Trinajstić information content (AvgIpc) is 2.22. The third kappa shape index (κ3) is 2.14. The van der Waals surface area contributed by atoms with Gasteiger partial charge in [-0.1, -0.05) is 26.7 Å². The van der Waals surface area contributed by atoms with Gasteiger partial charge in [0.25, 0.3) is 0 Å². The van der Waals surface area contributed by atoms with E-state index in [1.54, 1.807) is 0 Å². The molecule has 0 aromatic carbocycles. The minimum absolute atomic E-state index is 0.0278. The van der Waals surface area contributed by atoms with E-state index in [4.69, 9.17) is 9.31 Å². The molecule has 1 atom stereocenters. The zero-order chi connectivity index (χ0) is 11.0. The van der Waals surface area contributed by atoms with Gasteiger partial charge in [-0.3, -0.25) is 0 Å². The van der Waals surface area contributed by atoms with Crippen LogP contribution in [0.15, 0.2) is 0 Å². The Hall–Kier alpha value is -0.0151. The second-order valence-corrected chi connectivity index (χ2v) is 5.39. The van der Waals surface area contributed by atoms with Crippen molar-refractivity contribution in [2.75, 3.05) is 0 Å². The first-order chi connectivity index (χ1) is 6.30. The van der Waals surface area contributed by atoms with Crippen molar-refractivity contribution in [2.24, 2.45) is 0 Å². The molecule has 0 aliphatic carbocycles. The molecule has 1 fully saturated rings. The van der Waals surface area contributed by atoms with Crippen molar-refractivity contribution in [1.29, 1.82) is 0 Å². The second-order valence-electron chi connectivity index (χ2n) is 5.39. The van der Waals surface area contributed by atoms with E-state index < -0.39 is 0 Å². The summed E-state index contributed by atoms with van der Waals surface area (Å²) in [5.41, 5.74) is -0.362. The zero-order valence-corrected chi connectivity index (χ0v) is 10.4. The largest absolute Gasteiger partial charge is 0.460 e. The fourth-order valence-corrected chi connectivity index (χ4v) is 1.71. The van der Waals surface area contributed by atoms with Crippen molar-refractivity contribution in [1.82, 2.24) is 0 Å². The van der Waals surface area contributed by atoms with Crippen LogP contribution in [0.25, 0.3) is 0 Å². The Morgan fingerprint density at radius 2 is 1.50 bits per heavy atom. The molecule has 0 spiro atoms. The van der Waals surface area contributed by atoms with Crippen molar-refractivity contribution < 1.29 is 9.31 Å². The van der Waals surface area contributed by atoms with Crippen molar-refractivity contribution in [3.8, 4) is 0 Å². The van der Waals surface area contributed by atoms with Crippen LogP contribution in [-0.2, 0) is 9.31 Å². The van der Waals surface area contributed by atoms with Gasteiger partial charge in [-0.25, -0.2) is 0 Å². The highest BCUT2D eigenvalue weighted by Crippen LogP contribution is 2.40. The van der Waals surface area contributed by atoms with E-state index in [0.717, 1.165) is 6.42 Å². The van der Waals surface area contributed by atoms with Gasteiger partial charge >= 0.3 is 7.12 Å². The Bertz CT molecular complexity index is 185. The van der Waals surface area contributed by atoms with Crippen LogP contribution in [0.1, 0.15) is 54.4 Å². The van der Waals surface area contributed by atoms with E-state index >= 15 is 0 Å². The first-order valence-electron chi connectivity index (χ1n) is 5.66. The molecule has 1 unspecified atom stereocenters. The standard InChI is InChI=1S/C11H23BO2/c1-7-8-9(2)12-13-10(3,4)11(5,6)14-12/h9H,7-8H2,1-6H3. The Balaban J connectivity index is 2.63. The van der Waals surface area contributed by atoms with Crippen LogP contribution in [-0.4, -0.2) is 18.3 Å². The number of rotatable bonds is 3. The predicted molar refractivity (Wildman–Crippen MR) is 60.4 cm³/mol. The van der Waals surface area contributed by atoms with Crippen LogP contribution in [0.5, 0.6) is 0 Å². The van der Waals surface area contributed by atoms with Crippen molar-refractivity contribution in [2.45, 2.75) is 71.4 Å². The molecule has 1 heterocycles. The van der Waals surface area contributed by atoms with E-state index in [-0.39, 0.29) is 18.3 Å². The third-order valence-corrected chi connectivity index (χ3v) is 3.48. The lowest BCUT2D eigenvalue weighted by molar-refractivity contribution is 0.00578. The van der Waals surface area contributed by atoms with Crippen LogP contribution in [0.3, 0.4) is 0 Å². The van der Waals surface area contributed by atoms with E-state index in [9.17, 15) is 0 Å². The van der Waals surface area contributed by atoms with Crippen molar-refractivity contribution >= 4 is 7.12 Å². The summed E-state index contributed by atoms with van der Waals surface area (Å²) in [6, 6.07) is 0. The SMILES string of the molecule is CCCC(C)B1OC(C)(C)C(C)(C)O1. The maximum atomic E-state index is 5.96. The molecule has 0 amide bonds. The predicted octanol–water partition coefficient (Wildman–Crippen LogP) is 3.27. The Kier molecular flexibility index (Phi) is 3.32. The van der Waals surface area contributed by atoms with Gasteiger partial charge in [0.15, 0.2) is 0 Å². The van der Waals surface area contributed by atoms with E-state index in [2.05, 4.69) is 41.5 Å². The molecule has 1 aliphatic heterocycles. The summed E-state index contributed by atoms with van der Waals surface area (Å²) in [6.45, 7) is 12.8. The van der Waals surface area contributed by atoms with Gasteiger partial charge in [0, 0.05) is 0 Å². The maximum absolute atomic E-state index is 5.96. The van der Waals surface area contributed by atoms with Gasteiger partial charge < -0.3 is 9.31 Å². The fraction of sp³-hybridized carbons (Fsp3) is 1.00. The molecule has 3 heteroatoms. The molecule has 0 N–H and O–H groups in total. The number of hydrogen-bond donors (Lipinski definition) is 0. The molecule has 0 saturated carbocycles. The van der Waals surface area contributed by atoms with Gasteiger partial charge in [-0.05, 0) is 33.5 Å². The van der Waals surface area contributed by atoms with Crippen molar-refractivity contribution in [3.05, 3.63) is 0 Å². The quantitative estimate of drug-likeness (QED) is 0.648. The smallest absolute Gasteiger partial charge is 0.403 e. The minimum Gasteiger partial charge on any atom is -0.403 e. The first-order valence-corrected chi connectivity index (χ1v) is 5.66. The molecular formula is C11H23BO2. The molecule has 2 nitrogen and oxygen atoms in total. The van der Waals surface area contributed by atoms with Crippen LogP contribution in [0.4, 0.5) is 0 Å². The van der Waals surface area contributed by atoms with Gasteiger partial charge in [0.05, 0.1) is 11.2 Å². The summed E-state index contributed by atoms with van der Waals surface area (Å²) in [4.78, 5) is 0. The summed E-state index contributed by atoms with van der Waals surface area (Å²) in [7, 11) is -0.0278. The topological polar surface area (TPSA) is 18.5 Å². The van der Waals surface area contributed by atoms with Gasteiger partial charge in [0.2, 0.25) is 0 Å². The molecule has 1 saturated heterocycles. The molecular weight excluding hydrogens is 175 g/mol. The van der Waals surface area contributed by atoms with E-state index in [0.29, 0.717) is 5.82 Å². The lowest BCUT2D eigenvalue weighted by Crippen LogP contribution is -2.41. The Morgan fingerprint density at radius 1 is 1.07 bits per heavy atom. The third-order valence-electron chi connectivity index (χ3n) is 3.48. The van der Waals surface area contributed by atoms with Gasteiger partial charge in [0.1, 0.15) is 0 Å². The Labute approximate surface area is 88.5 Å². The van der Waals surface area contributed by atoms with Crippen LogP contribution in [0.2, 0.25) is 5.82 Å². The molecule has 14 heavy (non-hydrogen) atoms. The molecule has 1 aliphatic rings. The molecule has 1 rings (SSSR count). The maximum Gasteiger partial charge on any atom is 0.460 e. The van der Waals surface area contributed by atoms with Gasteiger partial charge in [-0.2, -0.15) is 0 Å². The zero-order valence-electron chi connectivity index (χ0n) is 10.4. The Morgan fingerprint density at radius 3 is 1.86 bits per heavy atom. The molecule has 0 radical (unpaired) electrons. The highest BCUT2D eigenvalue weighted by Gasteiger charge is 2.52. The first kappa shape index (κ1) is 12.1. The van der Waals surface area contributed by atoms with Crippen molar-refractivity contribution in [3.63, 3.8) is 0 Å². The molecule has 0 aromatic rings. The van der Waals surface area contributed by atoms with E-state index in [1.165, 1.54) is 6.42 Å². The van der Waals surface area contributed by atoms with Crippen LogP contribution in [0, 0.1) is 0 Å². The summed E-state index contributed by atoms with van der Waals surface area (Å²) >= 11 is 0. The lowest BCUT2D eigenvalue weighted by atomic mass is 9.71. The van der Waals surface area contributed by atoms with E-state index in [1.807, 2.05) is 0 Å². The number of hydrogen-bond acceptors (Lipinski definition) is 2. The van der Waals surface area contributed by atoms with Gasteiger partial charge in [-0.15, -0.1) is 0 Å². The normalized spacial score (nSPS) is 26.6. The van der Waals surface area contributed by atoms with Crippen LogP contribution >= 0.6 is 0 Å². The molecule has 0 aromatic heterocycles. The second kappa shape index (κ2) is 3.86. The average molecular weight is 198 g/mol. The summed E-state index contributed by atoms with van der Waals surface area (Å²) in [6.07, 6.45) is 2.35. The molecule has 82 valence electrons. The summed E-state index contributed by atoms with van der Waals surface area (Å²) in [5.74, 6) is 0.487. The van der Waals surface area contributed by atoms with Crippen LogP contribution < -0.4 is 0 Å².